The molecule has 1 N–H and O–H groups in total. The van der Waals surface area contributed by atoms with Gasteiger partial charge in [0.25, 0.3) is 0 Å². The third kappa shape index (κ3) is 3.25. The van der Waals surface area contributed by atoms with E-state index in [-0.39, 0.29) is 18.5 Å². The molecule has 0 spiro atoms. The number of rotatable bonds is 6. The minimum Gasteiger partial charge on any atom is -0.391 e. The van der Waals surface area contributed by atoms with Crippen LogP contribution in [0.1, 0.15) is 32.3 Å². The van der Waals surface area contributed by atoms with Crippen molar-refractivity contribution in [1.29, 1.82) is 0 Å². The van der Waals surface area contributed by atoms with Crippen LogP contribution in [-0.4, -0.2) is 30.4 Å². The summed E-state index contributed by atoms with van der Waals surface area (Å²) in [4.78, 5) is -0.569. The molecule has 1 saturated carbocycles. The summed E-state index contributed by atoms with van der Waals surface area (Å²) in [5, 5.41) is 9.01. The molecule has 118 valence electrons. The third-order valence-corrected chi connectivity index (χ3v) is 5.33. The molecule has 0 saturated heterocycles. The van der Waals surface area contributed by atoms with Gasteiger partial charge in [0.2, 0.25) is 10.0 Å². The molecule has 0 aliphatic heterocycles. The molecule has 1 aromatic carbocycles. The highest BCUT2D eigenvalue weighted by Crippen LogP contribution is 2.34. The number of hydrogen-bond donors (Lipinski definition) is 1. The van der Waals surface area contributed by atoms with Crippen LogP contribution < -0.4 is 0 Å². The Labute approximate surface area is 123 Å². The maximum atomic E-state index is 14.2. The highest BCUT2D eigenvalue weighted by molar-refractivity contribution is 7.89. The topological polar surface area (TPSA) is 57.6 Å². The van der Waals surface area contributed by atoms with E-state index in [4.69, 9.17) is 5.11 Å². The van der Waals surface area contributed by atoms with Crippen LogP contribution >= 0.6 is 0 Å². The Hall–Kier alpha value is -1.05. The summed E-state index contributed by atoms with van der Waals surface area (Å²) in [5.74, 6) is -2.05. The van der Waals surface area contributed by atoms with E-state index < -0.39 is 38.7 Å². The highest BCUT2D eigenvalue weighted by atomic mass is 32.2. The highest BCUT2D eigenvalue weighted by Gasteiger charge is 2.39. The summed E-state index contributed by atoms with van der Waals surface area (Å²) in [6.45, 7) is 3.17. The van der Waals surface area contributed by atoms with Crippen LogP contribution in [0.25, 0.3) is 0 Å². The second kappa shape index (κ2) is 5.98. The van der Waals surface area contributed by atoms with Crippen LogP contribution in [0.2, 0.25) is 0 Å². The Morgan fingerprint density at radius 1 is 1.33 bits per heavy atom. The Balaban J connectivity index is 2.47. The molecule has 0 bridgehead atoms. The largest absolute Gasteiger partial charge is 0.391 e. The molecule has 1 aliphatic rings. The van der Waals surface area contributed by atoms with Crippen LogP contribution in [0, 0.1) is 17.6 Å². The van der Waals surface area contributed by atoms with Gasteiger partial charge in [-0.3, -0.25) is 0 Å². The van der Waals surface area contributed by atoms with E-state index in [0.717, 1.165) is 25.0 Å². The number of aliphatic hydroxyl groups excluding tert-OH is 1. The van der Waals surface area contributed by atoms with Gasteiger partial charge in [-0.1, -0.05) is 13.8 Å². The predicted molar refractivity (Wildman–Crippen MR) is 74.0 cm³/mol. The fourth-order valence-corrected chi connectivity index (χ4v) is 4.15. The Bertz CT molecular complexity index is 627. The quantitative estimate of drug-likeness (QED) is 0.875. The van der Waals surface area contributed by atoms with Crippen molar-refractivity contribution in [3.05, 3.63) is 29.3 Å². The molecular formula is C14H19F2NO3S. The molecule has 0 radical (unpaired) electrons. The Morgan fingerprint density at radius 3 is 2.43 bits per heavy atom. The zero-order valence-electron chi connectivity index (χ0n) is 12.0. The molecule has 0 amide bonds. The standard InChI is InChI=1S/C14H19F2NO3S/c1-9(2)7-17(10-3-4-10)21(19,20)13-6-5-12(15)11(8-18)14(13)16/h5-6,9-10,18H,3-4,7-8H2,1-2H3. The first-order chi connectivity index (χ1) is 9.78. The molecule has 21 heavy (non-hydrogen) atoms. The van der Waals surface area contributed by atoms with E-state index in [0.29, 0.717) is 0 Å². The van der Waals surface area contributed by atoms with Crippen molar-refractivity contribution < 1.29 is 22.3 Å². The number of aliphatic hydroxyl groups is 1. The first-order valence-corrected chi connectivity index (χ1v) is 8.32. The van der Waals surface area contributed by atoms with E-state index in [1.165, 1.54) is 4.31 Å². The van der Waals surface area contributed by atoms with Crippen LogP contribution in [0.3, 0.4) is 0 Å². The number of halogens is 2. The van der Waals surface area contributed by atoms with E-state index in [2.05, 4.69) is 0 Å². The summed E-state index contributed by atoms with van der Waals surface area (Å²) in [6.07, 6.45) is 1.50. The van der Waals surface area contributed by atoms with Gasteiger partial charge in [0.1, 0.15) is 10.7 Å². The van der Waals surface area contributed by atoms with Gasteiger partial charge in [-0.15, -0.1) is 0 Å². The van der Waals surface area contributed by atoms with E-state index in [1.807, 2.05) is 13.8 Å². The first kappa shape index (κ1) is 16.3. The Kier molecular flexibility index (Phi) is 4.65. The van der Waals surface area contributed by atoms with Crippen molar-refractivity contribution >= 4 is 10.0 Å². The molecule has 0 heterocycles. The van der Waals surface area contributed by atoms with E-state index in [1.54, 1.807) is 0 Å². The number of sulfonamides is 1. The summed E-state index contributed by atoms with van der Waals surface area (Å²) < 4.78 is 54.1. The van der Waals surface area contributed by atoms with Crippen molar-refractivity contribution in [2.45, 2.75) is 44.2 Å². The lowest BCUT2D eigenvalue weighted by atomic mass is 10.2. The normalized spacial score (nSPS) is 16.0. The SMILES string of the molecule is CC(C)CN(C1CC1)S(=O)(=O)c1ccc(F)c(CO)c1F. The molecule has 1 fully saturated rings. The molecule has 0 unspecified atom stereocenters. The molecule has 4 nitrogen and oxygen atoms in total. The van der Waals surface area contributed by atoms with Crippen molar-refractivity contribution in [3.8, 4) is 0 Å². The lowest BCUT2D eigenvalue weighted by Gasteiger charge is -2.24. The summed E-state index contributed by atoms with van der Waals surface area (Å²) >= 11 is 0. The molecule has 1 aromatic rings. The number of hydrogen-bond acceptors (Lipinski definition) is 3. The average Bonchev–Trinajstić information content (AvgIpc) is 3.20. The summed E-state index contributed by atoms with van der Waals surface area (Å²) in [7, 11) is -4.03. The van der Waals surface area contributed by atoms with Gasteiger partial charge in [0, 0.05) is 12.6 Å². The second-order valence-corrected chi connectivity index (χ2v) is 7.55. The summed E-state index contributed by atoms with van der Waals surface area (Å²) in [5.41, 5.74) is -0.614. The van der Waals surface area contributed by atoms with Gasteiger partial charge >= 0.3 is 0 Å². The monoisotopic (exact) mass is 319 g/mol. The van der Waals surface area contributed by atoms with Gasteiger partial charge < -0.3 is 5.11 Å². The third-order valence-electron chi connectivity index (χ3n) is 3.39. The number of nitrogens with zero attached hydrogens (tertiary/aromatic N) is 1. The van der Waals surface area contributed by atoms with Crippen molar-refractivity contribution in [3.63, 3.8) is 0 Å². The van der Waals surface area contributed by atoms with Gasteiger partial charge in [-0.25, -0.2) is 17.2 Å². The van der Waals surface area contributed by atoms with Crippen molar-refractivity contribution in [2.75, 3.05) is 6.54 Å². The van der Waals surface area contributed by atoms with Crippen molar-refractivity contribution in [1.82, 2.24) is 4.31 Å². The minimum absolute atomic E-state index is 0.0983. The second-order valence-electron chi connectivity index (χ2n) is 5.70. The fourth-order valence-electron chi connectivity index (χ4n) is 2.21. The zero-order valence-corrected chi connectivity index (χ0v) is 12.8. The molecule has 0 aromatic heterocycles. The lowest BCUT2D eigenvalue weighted by Crippen LogP contribution is -2.36. The van der Waals surface area contributed by atoms with E-state index in [9.17, 15) is 17.2 Å². The maximum Gasteiger partial charge on any atom is 0.246 e. The summed E-state index contributed by atoms with van der Waals surface area (Å²) in [6, 6.07) is 1.69. The molecule has 7 heteroatoms. The maximum absolute atomic E-state index is 14.2. The zero-order chi connectivity index (χ0) is 15.8. The minimum atomic E-state index is -4.03. The first-order valence-electron chi connectivity index (χ1n) is 6.88. The van der Waals surface area contributed by atoms with Crippen LogP contribution in [-0.2, 0) is 16.6 Å². The lowest BCUT2D eigenvalue weighted by molar-refractivity contribution is 0.267. The van der Waals surface area contributed by atoms with Gasteiger partial charge in [0.05, 0.1) is 12.2 Å². The van der Waals surface area contributed by atoms with Crippen LogP contribution in [0.5, 0.6) is 0 Å². The van der Waals surface area contributed by atoms with Crippen LogP contribution in [0.4, 0.5) is 8.78 Å². The molecule has 2 rings (SSSR count). The smallest absolute Gasteiger partial charge is 0.246 e. The Morgan fingerprint density at radius 2 is 1.95 bits per heavy atom. The van der Waals surface area contributed by atoms with Gasteiger partial charge in [-0.2, -0.15) is 4.31 Å². The fraction of sp³-hybridized carbons (Fsp3) is 0.571. The predicted octanol–water partition coefficient (Wildman–Crippen LogP) is 2.27. The average molecular weight is 319 g/mol. The van der Waals surface area contributed by atoms with E-state index >= 15 is 0 Å². The van der Waals surface area contributed by atoms with Gasteiger partial charge in [-0.05, 0) is 30.9 Å². The number of benzene rings is 1. The molecule has 0 atom stereocenters. The van der Waals surface area contributed by atoms with Crippen molar-refractivity contribution in [2.24, 2.45) is 5.92 Å². The van der Waals surface area contributed by atoms with Crippen LogP contribution in [0.15, 0.2) is 17.0 Å². The molecule has 1 aliphatic carbocycles. The molecular weight excluding hydrogens is 300 g/mol. The van der Waals surface area contributed by atoms with Gasteiger partial charge in [0.15, 0.2) is 5.82 Å².